The van der Waals surface area contributed by atoms with E-state index in [1.165, 1.54) is 53.6 Å². The van der Waals surface area contributed by atoms with E-state index in [2.05, 4.69) is 140 Å². The molecule has 2 aromatic heterocycles. The molecule has 4 heteroatoms. The Balaban J connectivity index is 1.21. The third-order valence-corrected chi connectivity index (χ3v) is 11.1. The highest BCUT2D eigenvalue weighted by molar-refractivity contribution is 7.26. The smallest absolute Gasteiger partial charge is 0.164 e. The monoisotopic (exact) mass is 655 g/mol. The molecule has 7 aromatic carbocycles. The van der Waals surface area contributed by atoms with E-state index in [0.717, 1.165) is 16.7 Å². The van der Waals surface area contributed by atoms with Gasteiger partial charge in [-0.3, -0.25) is 0 Å². The fourth-order valence-electron chi connectivity index (χ4n) is 7.89. The molecule has 0 radical (unpaired) electrons. The van der Waals surface area contributed by atoms with Crippen LogP contribution in [0, 0.1) is 0 Å². The molecule has 10 rings (SSSR count). The van der Waals surface area contributed by atoms with E-state index in [-0.39, 0.29) is 0 Å². The number of hydrogen-bond acceptors (Lipinski definition) is 4. The van der Waals surface area contributed by atoms with Crippen molar-refractivity contribution in [2.24, 2.45) is 0 Å². The molecule has 0 saturated heterocycles. The van der Waals surface area contributed by atoms with Gasteiger partial charge in [-0.15, -0.1) is 11.3 Å². The molecule has 0 spiro atoms. The molecular weight excluding hydrogens is 627 g/mol. The number of nitrogens with zero attached hydrogens (tertiary/aromatic N) is 3. The molecule has 1 aliphatic rings. The van der Waals surface area contributed by atoms with Crippen molar-refractivity contribution in [3.63, 3.8) is 0 Å². The second-order valence-electron chi connectivity index (χ2n) is 12.7. The lowest BCUT2D eigenvalue weighted by Crippen LogP contribution is -2.28. The summed E-state index contributed by atoms with van der Waals surface area (Å²) in [5.41, 5.74) is 10.3. The lowest BCUT2D eigenvalue weighted by Gasteiger charge is -2.33. The average molecular weight is 656 g/mol. The number of thiophene rings is 1. The summed E-state index contributed by atoms with van der Waals surface area (Å²) >= 11 is 1.83. The lowest BCUT2D eigenvalue weighted by molar-refractivity contribution is 0.770. The van der Waals surface area contributed by atoms with Gasteiger partial charge in [-0.1, -0.05) is 164 Å². The second kappa shape index (κ2) is 11.4. The first-order valence-corrected chi connectivity index (χ1v) is 17.7. The quantitative estimate of drug-likeness (QED) is 0.185. The maximum atomic E-state index is 5.10. The van der Waals surface area contributed by atoms with Crippen molar-refractivity contribution >= 4 is 31.5 Å². The Bertz CT molecular complexity index is 2600. The van der Waals surface area contributed by atoms with Gasteiger partial charge in [0.15, 0.2) is 17.5 Å². The number of hydrogen-bond donors (Lipinski definition) is 0. The Labute approximate surface area is 294 Å². The van der Waals surface area contributed by atoms with Gasteiger partial charge in [-0.25, -0.2) is 15.0 Å². The molecule has 0 fully saturated rings. The highest BCUT2D eigenvalue weighted by Gasteiger charge is 2.46. The van der Waals surface area contributed by atoms with Crippen LogP contribution in [0.2, 0.25) is 0 Å². The molecule has 0 saturated carbocycles. The van der Waals surface area contributed by atoms with Gasteiger partial charge in [0.05, 0.1) is 5.41 Å². The molecule has 1 aliphatic carbocycles. The maximum absolute atomic E-state index is 5.10. The van der Waals surface area contributed by atoms with Gasteiger partial charge in [0.25, 0.3) is 0 Å². The van der Waals surface area contributed by atoms with Gasteiger partial charge < -0.3 is 0 Å². The minimum absolute atomic E-state index is 0.439. The van der Waals surface area contributed by atoms with Gasteiger partial charge in [0.2, 0.25) is 0 Å². The maximum Gasteiger partial charge on any atom is 0.164 e. The minimum Gasteiger partial charge on any atom is -0.208 e. The van der Waals surface area contributed by atoms with Crippen molar-refractivity contribution in [1.29, 1.82) is 0 Å². The summed E-state index contributed by atoms with van der Waals surface area (Å²) in [4.78, 5) is 15.1. The second-order valence-corrected chi connectivity index (χ2v) is 13.8. The van der Waals surface area contributed by atoms with Crippen molar-refractivity contribution in [1.82, 2.24) is 15.0 Å². The standard InChI is InChI=1S/C46H29N3S/c1-4-15-30(16-5-1)43-47-44(31-17-6-2-7-18-31)49-45(48-43)37-23-14-26-40-42(37)36-28-27-33(29-41(36)50-40)46(32-19-8-3-9-20-32)38-24-12-10-21-34(38)35-22-11-13-25-39(35)46/h1-29H. The molecule has 2 heterocycles. The third kappa shape index (κ3) is 4.32. The summed E-state index contributed by atoms with van der Waals surface area (Å²) in [6.07, 6.45) is 0. The Hall–Kier alpha value is -6.23. The van der Waals surface area contributed by atoms with Crippen molar-refractivity contribution < 1.29 is 0 Å². The first-order valence-electron chi connectivity index (χ1n) is 16.9. The minimum atomic E-state index is -0.439. The lowest BCUT2D eigenvalue weighted by atomic mass is 9.67. The Morgan fingerprint density at radius 3 is 1.52 bits per heavy atom. The molecular formula is C46H29N3S. The van der Waals surface area contributed by atoms with Crippen LogP contribution in [-0.4, -0.2) is 15.0 Å². The van der Waals surface area contributed by atoms with Crippen LogP contribution in [-0.2, 0) is 5.41 Å². The highest BCUT2D eigenvalue weighted by Crippen LogP contribution is 2.56. The van der Waals surface area contributed by atoms with Crippen LogP contribution in [0.25, 0.3) is 65.5 Å². The summed E-state index contributed by atoms with van der Waals surface area (Å²) in [5.74, 6) is 2.00. The van der Waals surface area contributed by atoms with E-state index in [0.29, 0.717) is 17.5 Å². The summed E-state index contributed by atoms with van der Waals surface area (Å²) < 4.78 is 2.45. The summed E-state index contributed by atoms with van der Waals surface area (Å²) in [6, 6.07) is 62.7. The van der Waals surface area contributed by atoms with Crippen LogP contribution in [0.15, 0.2) is 176 Å². The Morgan fingerprint density at radius 1 is 0.380 bits per heavy atom. The molecule has 234 valence electrons. The summed E-state index contributed by atoms with van der Waals surface area (Å²) in [6.45, 7) is 0. The Kier molecular flexibility index (Phi) is 6.58. The fourth-order valence-corrected chi connectivity index (χ4v) is 9.06. The SMILES string of the molecule is c1ccc(-c2nc(-c3ccccc3)nc(-c3cccc4sc5cc(C6(c7ccccc7)c7ccccc7-c7ccccc76)ccc5c34)n2)cc1. The number of rotatable bonds is 5. The number of fused-ring (bicyclic) bond motifs is 6. The molecule has 0 N–H and O–H groups in total. The molecule has 0 atom stereocenters. The van der Waals surface area contributed by atoms with Crippen LogP contribution >= 0.6 is 11.3 Å². The van der Waals surface area contributed by atoms with Crippen molar-refractivity contribution in [2.45, 2.75) is 5.41 Å². The van der Waals surface area contributed by atoms with Gasteiger partial charge >= 0.3 is 0 Å². The molecule has 3 nitrogen and oxygen atoms in total. The van der Waals surface area contributed by atoms with Gasteiger partial charge in [-0.2, -0.15) is 0 Å². The Morgan fingerprint density at radius 2 is 0.900 bits per heavy atom. The predicted molar refractivity (Wildman–Crippen MR) is 206 cm³/mol. The molecule has 0 unspecified atom stereocenters. The third-order valence-electron chi connectivity index (χ3n) is 10.0. The highest BCUT2D eigenvalue weighted by atomic mass is 32.1. The predicted octanol–water partition coefficient (Wildman–Crippen LogP) is 11.6. The first-order chi connectivity index (χ1) is 24.8. The zero-order valence-electron chi connectivity index (χ0n) is 27.0. The summed E-state index contributed by atoms with van der Waals surface area (Å²) in [5, 5.41) is 2.37. The van der Waals surface area contributed by atoms with Crippen molar-refractivity contribution in [3.05, 3.63) is 198 Å². The van der Waals surface area contributed by atoms with Gasteiger partial charge in [-0.05, 0) is 45.5 Å². The van der Waals surface area contributed by atoms with Crippen LogP contribution in [0.1, 0.15) is 22.3 Å². The zero-order valence-corrected chi connectivity index (χ0v) is 27.8. The molecule has 0 amide bonds. The van der Waals surface area contributed by atoms with Crippen LogP contribution in [0.4, 0.5) is 0 Å². The molecule has 50 heavy (non-hydrogen) atoms. The van der Waals surface area contributed by atoms with Crippen molar-refractivity contribution in [2.75, 3.05) is 0 Å². The molecule has 0 aliphatic heterocycles. The van der Waals surface area contributed by atoms with E-state index in [1.54, 1.807) is 0 Å². The van der Waals surface area contributed by atoms with E-state index >= 15 is 0 Å². The number of benzene rings is 7. The molecule has 9 aromatic rings. The topological polar surface area (TPSA) is 38.7 Å². The largest absolute Gasteiger partial charge is 0.208 e. The fraction of sp³-hybridized carbons (Fsp3) is 0.0217. The number of aromatic nitrogens is 3. The van der Waals surface area contributed by atoms with Gasteiger partial charge in [0.1, 0.15) is 0 Å². The molecule has 0 bridgehead atoms. The average Bonchev–Trinajstić information content (AvgIpc) is 3.72. The van der Waals surface area contributed by atoms with E-state index in [1.807, 2.05) is 47.7 Å². The zero-order chi connectivity index (χ0) is 33.1. The van der Waals surface area contributed by atoms with Crippen LogP contribution in [0.3, 0.4) is 0 Å². The van der Waals surface area contributed by atoms with Crippen LogP contribution in [0.5, 0.6) is 0 Å². The first kappa shape index (κ1) is 28.8. The normalized spacial score (nSPS) is 13.0. The van der Waals surface area contributed by atoms with Crippen LogP contribution < -0.4 is 0 Å². The van der Waals surface area contributed by atoms with E-state index in [9.17, 15) is 0 Å². The van der Waals surface area contributed by atoms with E-state index in [4.69, 9.17) is 15.0 Å². The van der Waals surface area contributed by atoms with E-state index < -0.39 is 5.41 Å². The van der Waals surface area contributed by atoms with Gasteiger partial charge in [0, 0.05) is 36.9 Å². The van der Waals surface area contributed by atoms with Crippen molar-refractivity contribution in [3.8, 4) is 45.3 Å². The summed E-state index contributed by atoms with van der Waals surface area (Å²) in [7, 11) is 0.